The zero-order chi connectivity index (χ0) is 13.7. The van der Waals surface area contributed by atoms with E-state index in [1.54, 1.807) is 6.07 Å². The van der Waals surface area contributed by atoms with Crippen LogP contribution in [0.1, 0.15) is 30.1 Å². The first kappa shape index (κ1) is 13.9. The molecule has 0 saturated carbocycles. The van der Waals surface area contributed by atoms with Gasteiger partial charge in [-0.1, -0.05) is 13.0 Å². The van der Waals surface area contributed by atoms with E-state index in [9.17, 15) is 4.79 Å². The Balaban J connectivity index is 2.00. The number of benzene rings is 1. The fraction of sp³-hybridized carbons (Fsp3) is 0.533. The third kappa shape index (κ3) is 3.70. The minimum Gasteiger partial charge on any atom is -0.399 e. The number of hydrogen-bond donors (Lipinski definition) is 1. The molecule has 0 aromatic heterocycles. The molecule has 2 rings (SSSR count). The zero-order valence-corrected chi connectivity index (χ0v) is 11.6. The van der Waals surface area contributed by atoms with Gasteiger partial charge in [0, 0.05) is 30.9 Å². The predicted molar refractivity (Wildman–Crippen MR) is 78.1 cm³/mol. The van der Waals surface area contributed by atoms with Crippen LogP contribution in [0, 0.1) is 0 Å². The molecule has 4 heteroatoms. The number of rotatable bonds is 3. The molecule has 2 N–H and O–H groups in total. The van der Waals surface area contributed by atoms with E-state index >= 15 is 0 Å². The van der Waals surface area contributed by atoms with Gasteiger partial charge in [-0.05, 0) is 44.1 Å². The third-order valence-electron chi connectivity index (χ3n) is 3.55. The molecular formula is C15H23N3O. The molecule has 1 aromatic carbocycles. The Labute approximate surface area is 115 Å². The first-order chi connectivity index (χ1) is 9.20. The molecule has 1 fully saturated rings. The number of nitrogens with zero attached hydrogens (tertiary/aromatic N) is 2. The number of carbonyl (C=O) groups is 1. The van der Waals surface area contributed by atoms with Crippen molar-refractivity contribution < 1.29 is 4.79 Å². The fourth-order valence-corrected chi connectivity index (χ4v) is 2.57. The van der Waals surface area contributed by atoms with Crippen molar-refractivity contribution in [2.45, 2.75) is 19.8 Å². The van der Waals surface area contributed by atoms with Gasteiger partial charge in [0.1, 0.15) is 0 Å². The Kier molecular flexibility index (Phi) is 4.80. The van der Waals surface area contributed by atoms with E-state index in [2.05, 4.69) is 11.8 Å². The van der Waals surface area contributed by atoms with Crippen molar-refractivity contribution in [2.24, 2.45) is 0 Å². The molecule has 0 aliphatic carbocycles. The normalized spacial score (nSPS) is 17.2. The molecule has 0 spiro atoms. The Morgan fingerprint density at radius 2 is 2.11 bits per heavy atom. The van der Waals surface area contributed by atoms with Crippen LogP contribution in [0.4, 0.5) is 5.69 Å². The van der Waals surface area contributed by atoms with E-state index in [-0.39, 0.29) is 5.91 Å². The van der Waals surface area contributed by atoms with Crippen molar-refractivity contribution in [3.05, 3.63) is 29.8 Å². The highest BCUT2D eigenvalue weighted by atomic mass is 16.2. The average molecular weight is 261 g/mol. The average Bonchev–Trinajstić information content (AvgIpc) is 2.64. The Hall–Kier alpha value is -1.55. The van der Waals surface area contributed by atoms with Crippen molar-refractivity contribution in [1.29, 1.82) is 0 Å². The zero-order valence-electron chi connectivity index (χ0n) is 11.6. The van der Waals surface area contributed by atoms with Crippen LogP contribution < -0.4 is 5.73 Å². The van der Waals surface area contributed by atoms with E-state index in [4.69, 9.17) is 5.73 Å². The summed E-state index contributed by atoms with van der Waals surface area (Å²) in [5.41, 5.74) is 7.08. The lowest BCUT2D eigenvalue weighted by atomic mass is 10.1. The number of hydrogen-bond acceptors (Lipinski definition) is 3. The quantitative estimate of drug-likeness (QED) is 0.844. The molecular weight excluding hydrogens is 238 g/mol. The molecule has 1 aliphatic rings. The van der Waals surface area contributed by atoms with Crippen LogP contribution in [0.15, 0.2) is 24.3 Å². The number of nitrogen functional groups attached to an aromatic ring is 1. The molecule has 1 aromatic rings. The van der Waals surface area contributed by atoms with Gasteiger partial charge in [0.2, 0.25) is 0 Å². The first-order valence-corrected chi connectivity index (χ1v) is 7.08. The maximum absolute atomic E-state index is 12.4. The van der Waals surface area contributed by atoms with Gasteiger partial charge >= 0.3 is 0 Å². The molecule has 1 amide bonds. The second-order valence-corrected chi connectivity index (χ2v) is 5.11. The molecule has 1 heterocycles. The van der Waals surface area contributed by atoms with Gasteiger partial charge in [-0.25, -0.2) is 0 Å². The molecule has 0 radical (unpaired) electrons. The summed E-state index contributed by atoms with van der Waals surface area (Å²) in [6, 6.07) is 7.25. The standard InChI is InChI=1S/C15H23N3O/c1-2-7-17-8-4-9-18(11-10-17)15(19)13-5-3-6-14(16)12-13/h3,5-6,12H,2,4,7-11,16H2,1H3. The summed E-state index contributed by atoms with van der Waals surface area (Å²) in [5, 5.41) is 0. The Morgan fingerprint density at radius 1 is 1.26 bits per heavy atom. The van der Waals surface area contributed by atoms with E-state index in [1.807, 2.05) is 23.1 Å². The minimum atomic E-state index is 0.102. The molecule has 0 bridgehead atoms. The Bertz CT molecular complexity index is 433. The summed E-state index contributed by atoms with van der Waals surface area (Å²) >= 11 is 0. The monoisotopic (exact) mass is 261 g/mol. The van der Waals surface area contributed by atoms with Crippen molar-refractivity contribution in [1.82, 2.24) is 9.80 Å². The van der Waals surface area contributed by atoms with E-state index in [1.165, 1.54) is 6.42 Å². The van der Waals surface area contributed by atoms with Crippen molar-refractivity contribution in [3.8, 4) is 0 Å². The van der Waals surface area contributed by atoms with Crippen LogP contribution in [0.5, 0.6) is 0 Å². The van der Waals surface area contributed by atoms with Gasteiger partial charge in [0.05, 0.1) is 0 Å². The topological polar surface area (TPSA) is 49.6 Å². The van der Waals surface area contributed by atoms with Crippen LogP contribution in [-0.2, 0) is 0 Å². The van der Waals surface area contributed by atoms with Crippen molar-refractivity contribution in [3.63, 3.8) is 0 Å². The molecule has 0 unspecified atom stereocenters. The van der Waals surface area contributed by atoms with E-state index < -0.39 is 0 Å². The lowest BCUT2D eigenvalue weighted by Crippen LogP contribution is -2.35. The molecule has 19 heavy (non-hydrogen) atoms. The van der Waals surface area contributed by atoms with E-state index in [0.717, 1.165) is 39.1 Å². The molecule has 1 saturated heterocycles. The highest BCUT2D eigenvalue weighted by Crippen LogP contribution is 2.12. The van der Waals surface area contributed by atoms with E-state index in [0.29, 0.717) is 11.3 Å². The Morgan fingerprint density at radius 3 is 2.84 bits per heavy atom. The van der Waals surface area contributed by atoms with Gasteiger partial charge in [0.25, 0.3) is 5.91 Å². The molecule has 0 atom stereocenters. The van der Waals surface area contributed by atoms with Gasteiger partial charge in [-0.2, -0.15) is 0 Å². The lowest BCUT2D eigenvalue weighted by molar-refractivity contribution is 0.0761. The number of amides is 1. The van der Waals surface area contributed by atoms with Gasteiger partial charge in [-0.15, -0.1) is 0 Å². The number of carbonyl (C=O) groups excluding carboxylic acids is 1. The van der Waals surface area contributed by atoms with Crippen LogP contribution in [0.2, 0.25) is 0 Å². The molecule has 4 nitrogen and oxygen atoms in total. The van der Waals surface area contributed by atoms with Crippen molar-refractivity contribution >= 4 is 11.6 Å². The first-order valence-electron chi connectivity index (χ1n) is 7.08. The largest absolute Gasteiger partial charge is 0.399 e. The van der Waals surface area contributed by atoms with Gasteiger partial charge in [0.15, 0.2) is 0 Å². The predicted octanol–water partition coefficient (Wildman–Crippen LogP) is 1.83. The SMILES string of the molecule is CCCN1CCCN(C(=O)c2cccc(N)c2)CC1. The molecule has 1 aliphatic heterocycles. The summed E-state index contributed by atoms with van der Waals surface area (Å²) in [4.78, 5) is 16.8. The third-order valence-corrected chi connectivity index (χ3v) is 3.55. The van der Waals surface area contributed by atoms with Crippen molar-refractivity contribution in [2.75, 3.05) is 38.5 Å². The lowest BCUT2D eigenvalue weighted by Gasteiger charge is -2.21. The second-order valence-electron chi connectivity index (χ2n) is 5.11. The second kappa shape index (κ2) is 6.57. The van der Waals surface area contributed by atoms with Crippen LogP contribution in [-0.4, -0.2) is 48.4 Å². The minimum absolute atomic E-state index is 0.102. The highest BCUT2D eigenvalue weighted by molar-refractivity contribution is 5.95. The number of nitrogens with two attached hydrogens (primary N) is 1. The molecule has 104 valence electrons. The smallest absolute Gasteiger partial charge is 0.253 e. The van der Waals surface area contributed by atoms with Gasteiger partial charge < -0.3 is 15.5 Å². The summed E-state index contributed by atoms with van der Waals surface area (Å²) in [6.45, 7) is 7.04. The number of anilines is 1. The summed E-state index contributed by atoms with van der Waals surface area (Å²) in [5.74, 6) is 0.102. The summed E-state index contributed by atoms with van der Waals surface area (Å²) in [6.07, 6.45) is 2.22. The maximum Gasteiger partial charge on any atom is 0.253 e. The maximum atomic E-state index is 12.4. The van der Waals surface area contributed by atoms with Crippen LogP contribution in [0.3, 0.4) is 0 Å². The fourth-order valence-electron chi connectivity index (χ4n) is 2.57. The van der Waals surface area contributed by atoms with Gasteiger partial charge in [-0.3, -0.25) is 4.79 Å². The van der Waals surface area contributed by atoms with Crippen LogP contribution >= 0.6 is 0 Å². The summed E-state index contributed by atoms with van der Waals surface area (Å²) in [7, 11) is 0. The highest BCUT2D eigenvalue weighted by Gasteiger charge is 2.19. The van der Waals surface area contributed by atoms with Crippen LogP contribution in [0.25, 0.3) is 0 Å². The summed E-state index contributed by atoms with van der Waals surface area (Å²) < 4.78 is 0.